The van der Waals surface area contributed by atoms with Crippen LogP contribution in [0.25, 0.3) is 0 Å². The highest BCUT2D eigenvalue weighted by atomic mass is 19.2. The Morgan fingerprint density at radius 3 is 2.60 bits per heavy atom. The number of hydrogen-bond donors (Lipinski definition) is 1. The number of amides is 1. The summed E-state index contributed by atoms with van der Waals surface area (Å²) in [5, 5.41) is 0. The van der Waals surface area contributed by atoms with Gasteiger partial charge in [-0.2, -0.15) is 0 Å². The SMILES string of the molecule is N[C@@H]1CC[C@@H]2CN(C(=O)c3ccc(F)c(F)c3F)C[C@H]21. The molecule has 0 radical (unpaired) electrons. The molecule has 0 spiro atoms. The van der Waals surface area contributed by atoms with Gasteiger partial charge in [-0.1, -0.05) is 0 Å². The molecule has 0 unspecified atom stereocenters. The highest BCUT2D eigenvalue weighted by Gasteiger charge is 2.43. The van der Waals surface area contributed by atoms with Crippen LogP contribution < -0.4 is 5.73 Å². The standard InChI is InChI=1S/C14H15F3N2O/c15-10-3-2-8(12(16)13(10)17)14(20)19-5-7-1-4-11(18)9(7)6-19/h2-3,7,9,11H,1,4-6,18H2/t7-,9-,11-/m1/s1. The second-order valence-corrected chi connectivity index (χ2v) is 5.60. The van der Waals surface area contributed by atoms with E-state index >= 15 is 0 Å². The summed E-state index contributed by atoms with van der Waals surface area (Å²) in [4.78, 5) is 13.7. The Morgan fingerprint density at radius 2 is 1.90 bits per heavy atom. The van der Waals surface area contributed by atoms with Crippen molar-refractivity contribution in [3.05, 3.63) is 35.1 Å². The molecule has 108 valence electrons. The molecule has 20 heavy (non-hydrogen) atoms. The first-order valence-electron chi connectivity index (χ1n) is 6.67. The third-order valence-electron chi connectivity index (χ3n) is 4.47. The highest BCUT2D eigenvalue weighted by Crippen LogP contribution is 2.37. The summed E-state index contributed by atoms with van der Waals surface area (Å²) in [5.41, 5.74) is 5.55. The summed E-state index contributed by atoms with van der Waals surface area (Å²) in [6.07, 6.45) is 1.90. The number of likely N-dealkylation sites (tertiary alicyclic amines) is 1. The molecule has 3 rings (SSSR count). The van der Waals surface area contributed by atoms with Crippen molar-refractivity contribution < 1.29 is 18.0 Å². The van der Waals surface area contributed by atoms with Crippen molar-refractivity contribution in [3.8, 4) is 0 Å². The van der Waals surface area contributed by atoms with Crippen LogP contribution in [-0.4, -0.2) is 29.9 Å². The molecule has 0 aromatic heterocycles. The van der Waals surface area contributed by atoms with E-state index < -0.39 is 28.9 Å². The Morgan fingerprint density at radius 1 is 1.15 bits per heavy atom. The zero-order chi connectivity index (χ0) is 14.4. The molecule has 2 N–H and O–H groups in total. The first-order chi connectivity index (χ1) is 9.49. The van der Waals surface area contributed by atoms with Gasteiger partial charge in [0.1, 0.15) is 0 Å². The summed E-state index contributed by atoms with van der Waals surface area (Å²) in [7, 11) is 0. The smallest absolute Gasteiger partial charge is 0.256 e. The van der Waals surface area contributed by atoms with Crippen molar-refractivity contribution in [2.24, 2.45) is 17.6 Å². The molecule has 3 atom stereocenters. The lowest BCUT2D eigenvalue weighted by molar-refractivity contribution is 0.0773. The quantitative estimate of drug-likeness (QED) is 0.801. The second-order valence-electron chi connectivity index (χ2n) is 5.60. The maximum absolute atomic E-state index is 13.6. The normalized spacial score (nSPS) is 28.8. The fraction of sp³-hybridized carbons (Fsp3) is 0.500. The molecule has 2 fully saturated rings. The van der Waals surface area contributed by atoms with Crippen LogP contribution >= 0.6 is 0 Å². The zero-order valence-electron chi connectivity index (χ0n) is 10.8. The van der Waals surface area contributed by atoms with E-state index in [9.17, 15) is 18.0 Å². The Balaban J connectivity index is 1.83. The summed E-state index contributed by atoms with van der Waals surface area (Å²) in [5.74, 6) is -4.35. The number of hydrogen-bond acceptors (Lipinski definition) is 2. The molecular weight excluding hydrogens is 269 g/mol. The number of halogens is 3. The molecule has 1 saturated carbocycles. The van der Waals surface area contributed by atoms with Crippen molar-refractivity contribution in [2.45, 2.75) is 18.9 Å². The lowest BCUT2D eigenvalue weighted by atomic mass is 9.98. The molecule has 1 aromatic carbocycles. The van der Waals surface area contributed by atoms with Gasteiger partial charge in [-0.05, 0) is 36.8 Å². The maximum atomic E-state index is 13.6. The topological polar surface area (TPSA) is 46.3 Å². The van der Waals surface area contributed by atoms with Gasteiger partial charge in [-0.15, -0.1) is 0 Å². The Hall–Kier alpha value is -1.56. The first kappa shape index (κ1) is 13.4. The fourth-order valence-electron chi connectivity index (χ4n) is 3.33. The monoisotopic (exact) mass is 284 g/mol. The van der Waals surface area contributed by atoms with Crippen molar-refractivity contribution >= 4 is 5.91 Å². The van der Waals surface area contributed by atoms with Crippen molar-refractivity contribution in [2.75, 3.05) is 13.1 Å². The van der Waals surface area contributed by atoms with Gasteiger partial charge >= 0.3 is 0 Å². The van der Waals surface area contributed by atoms with Crippen LogP contribution in [0.1, 0.15) is 23.2 Å². The molecule has 1 aromatic rings. The molecule has 1 heterocycles. The van der Waals surface area contributed by atoms with Gasteiger partial charge in [-0.3, -0.25) is 4.79 Å². The lowest BCUT2D eigenvalue weighted by Crippen LogP contribution is -2.34. The molecule has 1 saturated heterocycles. The Bertz CT molecular complexity index is 564. The van der Waals surface area contributed by atoms with E-state index in [2.05, 4.69) is 0 Å². The van der Waals surface area contributed by atoms with E-state index in [-0.39, 0.29) is 12.0 Å². The summed E-state index contributed by atoms with van der Waals surface area (Å²) < 4.78 is 39.7. The first-order valence-corrected chi connectivity index (χ1v) is 6.67. The molecule has 1 aliphatic carbocycles. The molecule has 1 aliphatic heterocycles. The van der Waals surface area contributed by atoms with E-state index in [1.165, 1.54) is 4.90 Å². The van der Waals surface area contributed by atoms with Crippen molar-refractivity contribution in [1.29, 1.82) is 0 Å². The van der Waals surface area contributed by atoms with E-state index in [4.69, 9.17) is 5.73 Å². The Kier molecular flexibility index (Phi) is 3.20. The number of benzene rings is 1. The summed E-state index contributed by atoms with van der Waals surface area (Å²) >= 11 is 0. The molecule has 0 bridgehead atoms. The lowest BCUT2D eigenvalue weighted by Gasteiger charge is -2.19. The van der Waals surface area contributed by atoms with Gasteiger partial charge in [-0.25, -0.2) is 13.2 Å². The largest absolute Gasteiger partial charge is 0.338 e. The third-order valence-corrected chi connectivity index (χ3v) is 4.47. The van der Waals surface area contributed by atoms with Crippen LogP contribution in [0, 0.1) is 29.3 Å². The zero-order valence-corrected chi connectivity index (χ0v) is 10.8. The predicted molar refractivity (Wildman–Crippen MR) is 66.4 cm³/mol. The van der Waals surface area contributed by atoms with E-state index in [1.54, 1.807) is 0 Å². The van der Waals surface area contributed by atoms with Crippen LogP contribution in [0.4, 0.5) is 13.2 Å². The van der Waals surface area contributed by atoms with Gasteiger partial charge in [0, 0.05) is 19.1 Å². The number of carbonyl (C=O) groups is 1. The average Bonchev–Trinajstić information content (AvgIpc) is 2.98. The van der Waals surface area contributed by atoms with Crippen molar-refractivity contribution in [1.82, 2.24) is 4.90 Å². The van der Waals surface area contributed by atoms with Crippen LogP contribution in [-0.2, 0) is 0 Å². The van der Waals surface area contributed by atoms with E-state index in [0.717, 1.165) is 25.0 Å². The van der Waals surface area contributed by atoms with Gasteiger partial charge in [0.25, 0.3) is 5.91 Å². The minimum absolute atomic E-state index is 0.0626. The average molecular weight is 284 g/mol. The van der Waals surface area contributed by atoms with E-state index in [0.29, 0.717) is 19.0 Å². The van der Waals surface area contributed by atoms with Crippen LogP contribution in [0.5, 0.6) is 0 Å². The van der Waals surface area contributed by atoms with Crippen molar-refractivity contribution in [3.63, 3.8) is 0 Å². The summed E-state index contributed by atoms with van der Waals surface area (Å²) in [6, 6.07) is 1.82. The maximum Gasteiger partial charge on any atom is 0.256 e. The van der Waals surface area contributed by atoms with Gasteiger partial charge in [0.15, 0.2) is 17.5 Å². The molecule has 3 nitrogen and oxygen atoms in total. The molecule has 6 heteroatoms. The Labute approximate surface area is 114 Å². The fourth-order valence-corrected chi connectivity index (χ4v) is 3.33. The minimum Gasteiger partial charge on any atom is -0.338 e. The van der Waals surface area contributed by atoms with Gasteiger partial charge in [0.2, 0.25) is 0 Å². The molecule has 1 amide bonds. The number of nitrogens with two attached hydrogens (primary N) is 1. The second kappa shape index (κ2) is 4.77. The number of nitrogens with zero attached hydrogens (tertiary/aromatic N) is 1. The van der Waals surface area contributed by atoms with Crippen LogP contribution in [0.3, 0.4) is 0 Å². The molecular formula is C14H15F3N2O. The minimum atomic E-state index is -1.60. The summed E-state index contributed by atoms with van der Waals surface area (Å²) in [6.45, 7) is 0.971. The number of fused-ring (bicyclic) bond motifs is 1. The molecule has 2 aliphatic rings. The van der Waals surface area contributed by atoms with E-state index in [1.807, 2.05) is 0 Å². The third kappa shape index (κ3) is 1.98. The number of carbonyl (C=O) groups excluding carboxylic acids is 1. The van der Waals surface area contributed by atoms with Gasteiger partial charge < -0.3 is 10.6 Å². The van der Waals surface area contributed by atoms with Crippen LogP contribution in [0.2, 0.25) is 0 Å². The highest BCUT2D eigenvalue weighted by molar-refractivity contribution is 5.94. The number of rotatable bonds is 1. The van der Waals surface area contributed by atoms with Gasteiger partial charge in [0.05, 0.1) is 5.56 Å². The predicted octanol–water partition coefficient (Wildman–Crippen LogP) is 1.91. The van der Waals surface area contributed by atoms with Crippen LogP contribution in [0.15, 0.2) is 12.1 Å².